The number of carboxylic acid groups (broad SMARTS) is 1. The van der Waals surface area contributed by atoms with Crippen LogP contribution in [-0.2, 0) is 20.0 Å². The molecule has 3 heterocycles. The van der Waals surface area contributed by atoms with Crippen LogP contribution in [0.2, 0.25) is 0 Å². The number of aromatic hydroxyl groups is 1. The van der Waals surface area contributed by atoms with Crippen LogP contribution in [0.15, 0.2) is 23.0 Å². The number of aromatic amines is 1. The number of carbonyl (C=O) groups is 1. The number of pyridine rings is 1. The van der Waals surface area contributed by atoms with E-state index in [0.717, 1.165) is 16.6 Å². The number of halogens is 1. The lowest BCUT2D eigenvalue weighted by Gasteiger charge is -2.12. The Hall–Kier alpha value is -3.21. The second-order valence-corrected chi connectivity index (χ2v) is 6.95. The molecule has 0 radical (unpaired) electrons. The maximum atomic E-state index is 12.4. The zero-order valence-electron chi connectivity index (χ0n) is 16.6. The van der Waals surface area contributed by atoms with Gasteiger partial charge in [-0.05, 0) is 12.1 Å². The summed E-state index contributed by atoms with van der Waals surface area (Å²) in [5.74, 6) is -0.614. The third-order valence-corrected chi connectivity index (χ3v) is 5.15. The first-order valence-electron chi connectivity index (χ1n) is 9.36. The average molecular weight is 452 g/mol. The lowest BCUT2D eigenvalue weighted by atomic mass is 10.0. The average Bonchev–Trinajstić information content (AvgIpc) is 2.89. The molecule has 4 rings (SSSR count). The van der Waals surface area contributed by atoms with Crippen molar-refractivity contribution in [3.63, 3.8) is 0 Å². The number of hydrogen-bond acceptors (Lipinski definition) is 7. The van der Waals surface area contributed by atoms with Crippen molar-refractivity contribution in [3.8, 4) is 28.5 Å². The van der Waals surface area contributed by atoms with Gasteiger partial charge in [-0.2, -0.15) is 0 Å². The standard InChI is InChI=1S/C20H21N3O7.ClH/c1-23-11(9-21-3-4-24)6-10-7-13-15(8-14(10)23)29-5-2-12-16(13)22-19(26)18(17(12)25)30-20(27)28;/h6-8,21,24H,2-5,9H2,1H3,(H,27,28)(H2,22,25,26);1H. The molecule has 0 saturated carbocycles. The number of nitrogens with zero attached hydrogens (tertiary/aromatic N) is 1. The Balaban J connectivity index is 0.00000272. The van der Waals surface area contributed by atoms with Crippen LogP contribution in [0.1, 0.15) is 11.3 Å². The minimum atomic E-state index is -1.69. The van der Waals surface area contributed by atoms with Crippen LogP contribution < -0.4 is 20.3 Å². The monoisotopic (exact) mass is 451 g/mol. The molecule has 166 valence electrons. The number of aryl methyl sites for hydroxylation is 1. The summed E-state index contributed by atoms with van der Waals surface area (Å²) in [7, 11) is 1.93. The number of aromatic nitrogens is 2. The van der Waals surface area contributed by atoms with E-state index in [4.69, 9.17) is 14.9 Å². The number of benzene rings is 1. The van der Waals surface area contributed by atoms with Gasteiger partial charge in [0.1, 0.15) is 5.75 Å². The number of nitrogens with one attached hydrogen (secondary N) is 2. The summed E-state index contributed by atoms with van der Waals surface area (Å²) in [5.41, 5.74) is 2.39. The van der Waals surface area contributed by atoms with Gasteiger partial charge in [-0.25, -0.2) is 4.79 Å². The van der Waals surface area contributed by atoms with Gasteiger partial charge < -0.3 is 39.7 Å². The minimum absolute atomic E-state index is 0. The highest BCUT2D eigenvalue weighted by Crippen LogP contribution is 2.41. The number of fused-ring (bicyclic) bond motifs is 4. The lowest BCUT2D eigenvalue weighted by molar-refractivity contribution is 0.142. The molecular formula is C20H22ClN3O7. The van der Waals surface area contributed by atoms with Gasteiger partial charge in [-0.1, -0.05) is 0 Å². The molecule has 5 N–H and O–H groups in total. The van der Waals surface area contributed by atoms with Gasteiger partial charge in [0.2, 0.25) is 5.75 Å². The fraction of sp³-hybridized carbons (Fsp3) is 0.300. The molecule has 0 aliphatic carbocycles. The predicted molar refractivity (Wildman–Crippen MR) is 115 cm³/mol. The highest BCUT2D eigenvalue weighted by molar-refractivity contribution is 5.90. The number of aliphatic hydroxyl groups is 1. The van der Waals surface area contributed by atoms with E-state index >= 15 is 0 Å². The van der Waals surface area contributed by atoms with Gasteiger partial charge in [0.05, 0.1) is 24.4 Å². The Bertz CT molecular complexity index is 1200. The molecule has 0 amide bonds. The minimum Gasteiger partial charge on any atom is -0.504 e. The zero-order chi connectivity index (χ0) is 21.4. The van der Waals surface area contributed by atoms with Crippen LogP contribution in [0.4, 0.5) is 4.79 Å². The third kappa shape index (κ3) is 4.05. The molecule has 1 aliphatic rings. The first-order chi connectivity index (χ1) is 14.4. The predicted octanol–water partition coefficient (Wildman–Crippen LogP) is 1.73. The third-order valence-electron chi connectivity index (χ3n) is 5.15. The number of rotatable bonds is 5. The van der Waals surface area contributed by atoms with E-state index in [9.17, 15) is 14.7 Å². The molecule has 11 heteroatoms. The first kappa shape index (κ1) is 22.5. The van der Waals surface area contributed by atoms with Gasteiger partial charge >= 0.3 is 6.16 Å². The van der Waals surface area contributed by atoms with Crippen molar-refractivity contribution in [2.24, 2.45) is 7.05 Å². The van der Waals surface area contributed by atoms with E-state index in [1.807, 2.05) is 29.8 Å². The number of aliphatic hydroxyl groups excluding tert-OH is 1. The Morgan fingerprint density at radius 3 is 2.84 bits per heavy atom. The first-order valence-corrected chi connectivity index (χ1v) is 9.36. The van der Waals surface area contributed by atoms with Crippen molar-refractivity contribution in [1.82, 2.24) is 14.9 Å². The zero-order valence-corrected chi connectivity index (χ0v) is 17.4. The van der Waals surface area contributed by atoms with E-state index in [2.05, 4.69) is 15.0 Å². The summed E-state index contributed by atoms with van der Waals surface area (Å²) in [6.07, 6.45) is -1.43. The number of H-pyrrole nitrogens is 1. The fourth-order valence-electron chi connectivity index (χ4n) is 3.73. The van der Waals surface area contributed by atoms with Gasteiger partial charge in [-0.15, -0.1) is 12.4 Å². The molecule has 1 aliphatic heterocycles. The molecule has 0 unspecified atom stereocenters. The van der Waals surface area contributed by atoms with Gasteiger partial charge in [0, 0.05) is 54.8 Å². The molecule has 0 bridgehead atoms. The second kappa shape index (κ2) is 8.88. The van der Waals surface area contributed by atoms with E-state index in [-0.39, 0.29) is 32.0 Å². The summed E-state index contributed by atoms with van der Waals surface area (Å²) in [5, 5.41) is 32.3. The van der Waals surface area contributed by atoms with Crippen molar-refractivity contribution in [3.05, 3.63) is 39.8 Å². The number of hydrogen-bond donors (Lipinski definition) is 5. The largest absolute Gasteiger partial charge is 0.511 e. The van der Waals surface area contributed by atoms with Crippen LogP contribution in [0, 0.1) is 0 Å². The summed E-state index contributed by atoms with van der Waals surface area (Å²) >= 11 is 0. The number of ether oxygens (including phenoxy) is 2. The van der Waals surface area contributed by atoms with Gasteiger partial charge in [0.25, 0.3) is 5.56 Å². The Morgan fingerprint density at radius 1 is 1.35 bits per heavy atom. The van der Waals surface area contributed by atoms with E-state index in [1.54, 1.807) is 0 Å². The van der Waals surface area contributed by atoms with Crippen LogP contribution in [-0.4, -0.2) is 50.8 Å². The molecule has 2 aromatic heterocycles. The molecule has 10 nitrogen and oxygen atoms in total. The summed E-state index contributed by atoms with van der Waals surface area (Å²) in [6, 6.07) is 5.72. The van der Waals surface area contributed by atoms with Crippen LogP contribution >= 0.6 is 12.4 Å². The Labute approximate surface area is 182 Å². The van der Waals surface area contributed by atoms with E-state index < -0.39 is 23.2 Å². The van der Waals surface area contributed by atoms with Crippen LogP contribution in [0.5, 0.6) is 17.2 Å². The molecule has 0 spiro atoms. The lowest BCUT2D eigenvalue weighted by Crippen LogP contribution is -2.18. The summed E-state index contributed by atoms with van der Waals surface area (Å²) in [6.45, 7) is 1.33. The maximum absolute atomic E-state index is 12.4. The molecule has 0 fully saturated rings. The Kier molecular flexibility index (Phi) is 6.44. The maximum Gasteiger partial charge on any atom is 0.511 e. The fourth-order valence-corrected chi connectivity index (χ4v) is 3.73. The van der Waals surface area contributed by atoms with Gasteiger partial charge in [-0.3, -0.25) is 4.79 Å². The molecule has 1 aromatic carbocycles. The molecule has 0 atom stereocenters. The molecule has 31 heavy (non-hydrogen) atoms. The van der Waals surface area contributed by atoms with E-state index in [0.29, 0.717) is 35.7 Å². The van der Waals surface area contributed by atoms with Crippen molar-refractivity contribution >= 4 is 29.5 Å². The van der Waals surface area contributed by atoms with Crippen molar-refractivity contribution in [2.45, 2.75) is 13.0 Å². The molecular weight excluding hydrogens is 430 g/mol. The quantitative estimate of drug-likeness (QED) is 0.291. The van der Waals surface area contributed by atoms with E-state index in [1.165, 1.54) is 0 Å². The molecule has 0 saturated heterocycles. The van der Waals surface area contributed by atoms with Crippen LogP contribution in [0.3, 0.4) is 0 Å². The highest BCUT2D eigenvalue weighted by Gasteiger charge is 2.26. The smallest absolute Gasteiger partial charge is 0.504 e. The SMILES string of the molecule is Cl.Cn1c(CNCCO)cc2cc3c(cc21)OCCc1c-3[nH]c(=O)c(OC(=O)O)c1O. The van der Waals surface area contributed by atoms with Crippen molar-refractivity contribution < 1.29 is 29.6 Å². The molecule has 3 aromatic rings. The van der Waals surface area contributed by atoms with Crippen LogP contribution in [0.25, 0.3) is 22.2 Å². The van der Waals surface area contributed by atoms with Crippen molar-refractivity contribution in [2.75, 3.05) is 19.8 Å². The normalized spacial score (nSPS) is 12.3. The summed E-state index contributed by atoms with van der Waals surface area (Å²) < 4.78 is 12.3. The summed E-state index contributed by atoms with van der Waals surface area (Å²) in [4.78, 5) is 25.8. The van der Waals surface area contributed by atoms with Crippen molar-refractivity contribution in [1.29, 1.82) is 0 Å². The Morgan fingerprint density at radius 2 is 2.13 bits per heavy atom. The topological polar surface area (TPSA) is 146 Å². The highest BCUT2D eigenvalue weighted by atomic mass is 35.5. The van der Waals surface area contributed by atoms with Gasteiger partial charge in [0.15, 0.2) is 5.75 Å². The second-order valence-electron chi connectivity index (χ2n) is 6.95.